The number of nitro benzene ring substituents is 1. The molecule has 1 N–H and O–H groups in total. The van der Waals surface area contributed by atoms with Crippen molar-refractivity contribution in [3.8, 4) is 0 Å². The Morgan fingerprint density at radius 1 is 1.12 bits per heavy atom. The molecule has 0 saturated carbocycles. The lowest BCUT2D eigenvalue weighted by Gasteiger charge is -2.34. The first kappa shape index (κ1) is 22.0. The molecule has 12 nitrogen and oxygen atoms in total. The fraction of sp³-hybridized carbons (Fsp3) is 0.333. The smallest absolute Gasteiger partial charge is 0.325 e. The summed E-state index contributed by atoms with van der Waals surface area (Å²) in [4.78, 5) is 65.0. The Morgan fingerprint density at radius 2 is 1.82 bits per heavy atom. The lowest BCUT2D eigenvalue weighted by atomic mass is 9.91. The van der Waals surface area contributed by atoms with Gasteiger partial charge in [0.25, 0.3) is 17.5 Å². The predicted octanol–water partition coefficient (Wildman–Crippen LogP) is 0.939. The number of nitrogens with zero attached hydrogens (tertiary/aromatic N) is 4. The molecular formula is C21H21N5O7. The van der Waals surface area contributed by atoms with Gasteiger partial charge in [0.15, 0.2) is 5.76 Å². The number of benzene rings is 1. The van der Waals surface area contributed by atoms with Gasteiger partial charge < -0.3 is 19.5 Å². The lowest BCUT2D eigenvalue weighted by Crippen LogP contribution is -2.53. The van der Waals surface area contributed by atoms with Gasteiger partial charge in [-0.1, -0.05) is 12.1 Å². The Hall–Kier alpha value is -4.22. The molecule has 0 aliphatic carbocycles. The number of nitro groups is 1. The number of amides is 5. The van der Waals surface area contributed by atoms with E-state index in [0.717, 1.165) is 4.90 Å². The lowest BCUT2D eigenvalue weighted by molar-refractivity contribution is -0.385. The van der Waals surface area contributed by atoms with Crippen LogP contribution in [0.3, 0.4) is 0 Å². The molecule has 1 unspecified atom stereocenters. The highest BCUT2D eigenvalue weighted by atomic mass is 16.6. The van der Waals surface area contributed by atoms with Gasteiger partial charge in [-0.3, -0.25) is 29.4 Å². The van der Waals surface area contributed by atoms with Crippen LogP contribution in [-0.2, 0) is 15.1 Å². The van der Waals surface area contributed by atoms with Crippen LogP contribution < -0.4 is 5.32 Å². The first-order valence-corrected chi connectivity index (χ1v) is 10.2. The van der Waals surface area contributed by atoms with Crippen molar-refractivity contribution in [3.63, 3.8) is 0 Å². The molecule has 0 radical (unpaired) electrons. The van der Waals surface area contributed by atoms with Crippen molar-refractivity contribution < 1.29 is 28.5 Å². The monoisotopic (exact) mass is 455 g/mol. The molecule has 5 amide bonds. The summed E-state index contributed by atoms with van der Waals surface area (Å²) in [6, 6.07) is 7.86. The Balaban J connectivity index is 1.40. The molecule has 4 rings (SSSR count). The molecule has 172 valence electrons. The minimum absolute atomic E-state index is 0.215. The quantitative estimate of drug-likeness (QED) is 0.401. The molecule has 3 heterocycles. The third kappa shape index (κ3) is 4.02. The molecule has 0 bridgehead atoms. The van der Waals surface area contributed by atoms with E-state index < -0.39 is 34.9 Å². The van der Waals surface area contributed by atoms with E-state index in [1.54, 1.807) is 17.0 Å². The Labute approximate surface area is 187 Å². The molecule has 0 spiro atoms. The molecule has 1 aromatic heterocycles. The van der Waals surface area contributed by atoms with Crippen LogP contribution in [0.1, 0.15) is 23.0 Å². The van der Waals surface area contributed by atoms with Crippen molar-refractivity contribution in [1.82, 2.24) is 20.0 Å². The summed E-state index contributed by atoms with van der Waals surface area (Å²) in [6.07, 6.45) is 1.41. The summed E-state index contributed by atoms with van der Waals surface area (Å²) in [6.45, 7) is 2.04. The third-order valence-corrected chi connectivity index (χ3v) is 5.85. The number of imide groups is 1. The molecule has 12 heteroatoms. The predicted molar refractivity (Wildman–Crippen MR) is 112 cm³/mol. The number of non-ortho nitro benzene ring substituents is 1. The number of carbonyl (C=O) groups excluding carboxylic acids is 4. The van der Waals surface area contributed by atoms with Crippen molar-refractivity contribution in [1.29, 1.82) is 0 Å². The SMILES string of the molecule is CC1(c2cccc([N+](=O)[O-])c2)NC(=O)N(CC(=O)N2CCN(C(=O)c3ccco3)CC2)C1=O. The second kappa shape index (κ2) is 8.37. The number of urea groups is 1. The molecule has 1 aromatic carbocycles. The Morgan fingerprint density at radius 3 is 2.45 bits per heavy atom. The normalized spacial score (nSPS) is 20.7. The van der Waals surface area contributed by atoms with Crippen molar-refractivity contribution >= 4 is 29.4 Å². The summed E-state index contributed by atoms with van der Waals surface area (Å²) in [5, 5.41) is 13.6. The molecule has 1 atom stereocenters. The minimum atomic E-state index is -1.53. The molecule has 33 heavy (non-hydrogen) atoms. The van der Waals surface area contributed by atoms with E-state index in [4.69, 9.17) is 4.42 Å². The highest BCUT2D eigenvalue weighted by Gasteiger charge is 2.50. The van der Waals surface area contributed by atoms with E-state index in [1.165, 1.54) is 42.4 Å². The molecule has 2 aromatic rings. The number of nitrogens with one attached hydrogen (secondary N) is 1. The maximum Gasteiger partial charge on any atom is 0.325 e. The van der Waals surface area contributed by atoms with E-state index in [1.807, 2.05) is 0 Å². The third-order valence-electron chi connectivity index (χ3n) is 5.85. The van der Waals surface area contributed by atoms with Crippen LogP contribution in [0.25, 0.3) is 0 Å². The second-order valence-electron chi connectivity index (χ2n) is 7.90. The van der Waals surface area contributed by atoms with Crippen molar-refractivity contribution in [3.05, 3.63) is 64.1 Å². The van der Waals surface area contributed by atoms with Gasteiger partial charge in [0, 0.05) is 38.3 Å². The maximum atomic E-state index is 13.0. The highest BCUT2D eigenvalue weighted by Crippen LogP contribution is 2.30. The van der Waals surface area contributed by atoms with Crippen LogP contribution in [0.2, 0.25) is 0 Å². The summed E-state index contributed by atoms with van der Waals surface area (Å²) in [7, 11) is 0. The van der Waals surface area contributed by atoms with Crippen LogP contribution in [-0.4, -0.2) is 76.1 Å². The summed E-state index contributed by atoms with van der Waals surface area (Å²) >= 11 is 0. The fourth-order valence-electron chi connectivity index (χ4n) is 3.92. The Kier molecular flexibility index (Phi) is 5.58. The maximum absolute atomic E-state index is 13.0. The first-order valence-electron chi connectivity index (χ1n) is 10.2. The highest BCUT2D eigenvalue weighted by molar-refractivity contribution is 6.09. The zero-order chi connectivity index (χ0) is 23.8. The zero-order valence-corrected chi connectivity index (χ0v) is 17.7. The number of rotatable bonds is 5. The number of hydrogen-bond acceptors (Lipinski definition) is 7. The number of piperazine rings is 1. The number of furan rings is 1. The molecule has 2 fully saturated rings. The van der Waals surface area contributed by atoms with E-state index in [-0.39, 0.29) is 49.1 Å². The van der Waals surface area contributed by atoms with Gasteiger partial charge in [0.2, 0.25) is 5.91 Å². The van der Waals surface area contributed by atoms with Crippen LogP contribution in [0.15, 0.2) is 47.1 Å². The fourth-order valence-corrected chi connectivity index (χ4v) is 3.92. The molecular weight excluding hydrogens is 434 g/mol. The average Bonchev–Trinajstić information content (AvgIpc) is 3.42. The van der Waals surface area contributed by atoms with E-state index in [2.05, 4.69) is 5.32 Å². The van der Waals surface area contributed by atoms with E-state index in [0.29, 0.717) is 0 Å². The standard InChI is InChI=1S/C21H21N5O7/c1-21(14-4-2-5-15(12-14)26(31)32)19(29)25(20(30)22-21)13-17(27)23-7-9-24(10-8-23)18(28)16-6-3-11-33-16/h2-6,11-12H,7-10,13H2,1H3,(H,22,30). The molecule has 2 saturated heterocycles. The van der Waals surface area contributed by atoms with Gasteiger partial charge in [0.05, 0.1) is 11.2 Å². The van der Waals surface area contributed by atoms with Gasteiger partial charge in [-0.2, -0.15) is 0 Å². The van der Waals surface area contributed by atoms with Gasteiger partial charge in [-0.05, 0) is 24.6 Å². The first-order chi connectivity index (χ1) is 15.7. The second-order valence-corrected chi connectivity index (χ2v) is 7.90. The van der Waals surface area contributed by atoms with Gasteiger partial charge >= 0.3 is 6.03 Å². The van der Waals surface area contributed by atoms with Crippen LogP contribution >= 0.6 is 0 Å². The van der Waals surface area contributed by atoms with Crippen LogP contribution in [0, 0.1) is 10.1 Å². The minimum Gasteiger partial charge on any atom is -0.459 e. The summed E-state index contributed by atoms with van der Waals surface area (Å²) in [5.74, 6) is -1.16. The number of hydrogen-bond donors (Lipinski definition) is 1. The molecule has 2 aliphatic rings. The zero-order valence-electron chi connectivity index (χ0n) is 17.7. The summed E-state index contributed by atoms with van der Waals surface area (Å²) in [5.41, 5.74) is -1.50. The van der Waals surface area contributed by atoms with Crippen molar-refractivity contribution in [2.45, 2.75) is 12.5 Å². The van der Waals surface area contributed by atoms with Gasteiger partial charge in [0.1, 0.15) is 12.1 Å². The Bertz CT molecular complexity index is 1120. The summed E-state index contributed by atoms with van der Waals surface area (Å²) < 4.78 is 5.11. The van der Waals surface area contributed by atoms with Crippen LogP contribution in [0.5, 0.6) is 0 Å². The largest absolute Gasteiger partial charge is 0.459 e. The van der Waals surface area contributed by atoms with E-state index in [9.17, 15) is 29.3 Å². The van der Waals surface area contributed by atoms with Crippen molar-refractivity contribution in [2.75, 3.05) is 32.7 Å². The van der Waals surface area contributed by atoms with Crippen molar-refractivity contribution in [2.24, 2.45) is 0 Å². The number of carbonyl (C=O) groups is 4. The van der Waals surface area contributed by atoms with Gasteiger partial charge in [-0.15, -0.1) is 0 Å². The molecule has 2 aliphatic heterocycles. The topological polar surface area (TPSA) is 146 Å². The van der Waals surface area contributed by atoms with E-state index >= 15 is 0 Å². The van der Waals surface area contributed by atoms with Gasteiger partial charge in [-0.25, -0.2) is 4.79 Å². The van der Waals surface area contributed by atoms with Crippen LogP contribution in [0.4, 0.5) is 10.5 Å². The average molecular weight is 455 g/mol.